The second kappa shape index (κ2) is 4.66. The van der Waals surface area contributed by atoms with Crippen molar-refractivity contribution in [2.24, 2.45) is 5.92 Å². The maximum Gasteiger partial charge on any atom is 0.219 e. The highest BCUT2D eigenvalue weighted by Gasteiger charge is 2.34. The third kappa shape index (κ3) is 2.09. The summed E-state index contributed by atoms with van der Waals surface area (Å²) < 4.78 is 0. The van der Waals surface area contributed by atoms with Crippen molar-refractivity contribution < 1.29 is 9.90 Å². The number of aliphatic hydroxyl groups excluding tert-OH is 1. The average Bonchev–Trinajstić information content (AvgIpc) is 2.74. The molecule has 0 saturated carbocycles. The normalized spacial score (nSPS) is 24.8. The summed E-state index contributed by atoms with van der Waals surface area (Å²) in [7, 11) is 0. The molecule has 2 atom stereocenters. The molecule has 1 aliphatic heterocycles. The summed E-state index contributed by atoms with van der Waals surface area (Å²) >= 11 is 0. The molecule has 0 radical (unpaired) electrons. The molecular weight excluding hydrogens is 202 g/mol. The van der Waals surface area contributed by atoms with Crippen LogP contribution in [-0.4, -0.2) is 35.6 Å². The number of benzene rings is 1. The molecule has 0 unspecified atom stereocenters. The molecular formula is C13H17NO2. The van der Waals surface area contributed by atoms with Crippen molar-refractivity contribution in [3.05, 3.63) is 35.9 Å². The predicted octanol–water partition coefficient (Wildman–Crippen LogP) is 1.24. The monoisotopic (exact) mass is 219 g/mol. The van der Waals surface area contributed by atoms with Gasteiger partial charge >= 0.3 is 0 Å². The van der Waals surface area contributed by atoms with Crippen molar-refractivity contribution in [3.8, 4) is 0 Å². The first-order valence-electron chi connectivity index (χ1n) is 5.63. The number of carbonyl (C=O) groups is 1. The zero-order valence-electron chi connectivity index (χ0n) is 9.47. The van der Waals surface area contributed by atoms with E-state index < -0.39 is 0 Å². The molecule has 1 amide bonds. The third-order valence-electron chi connectivity index (χ3n) is 3.35. The van der Waals surface area contributed by atoms with Gasteiger partial charge in [0.05, 0.1) is 0 Å². The van der Waals surface area contributed by atoms with E-state index in [-0.39, 0.29) is 24.3 Å². The topological polar surface area (TPSA) is 40.5 Å². The van der Waals surface area contributed by atoms with Crippen LogP contribution in [0, 0.1) is 5.92 Å². The molecule has 0 aliphatic carbocycles. The van der Waals surface area contributed by atoms with E-state index in [2.05, 4.69) is 12.1 Å². The minimum atomic E-state index is 0.0943. The lowest BCUT2D eigenvalue weighted by atomic mass is 9.90. The van der Waals surface area contributed by atoms with Crippen LogP contribution in [0.3, 0.4) is 0 Å². The average molecular weight is 219 g/mol. The van der Waals surface area contributed by atoms with Crippen molar-refractivity contribution in [1.29, 1.82) is 0 Å². The predicted molar refractivity (Wildman–Crippen MR) is 62.0 cm³/mol. The summed E-state index contributed by atoms with van der Waals surface area (Å²) in [5.41, 5.74) is 1.21. The Kier molecular flexibility index (Phi) is 3.25. The van der Waals surface area contributed by atoms with Crippen LogP contribution in [0.25, 0.3) is 0 Å². The lowest BCUT2D eigenvalue weighted by Gasteiger charge is -2.15. The van der Waals surface area contributed by atoms with Crippen molar-refractivity contribution in [2.75, 3.05) is 19.7 Å². The summed E-state index contributed by atoms with van der Waals surface area (Å²) in [5, 5.41) is 9.36. The fourth-order valence-electron chi connectivity index (χ4n) is 2.39. The maximum absolute atomic E-state index is 11.3. The minimum Gasteiger partial charge on any atom is -0.396 e. The second-order valence-corrected chi connectivity index (χ2v) is 4.38. The minimum absolute atomic E-state index is 0.0943. The molecule has 1 aromatic carbocycles. The van der Waals surface area contributed by atoms with Gasteiger partial charge in [-0.1, -0.05) is 30.3 Å². The molecule has 3 heteroatoms. The van der Waals surface area contributed by atoms with Crippen LogP contribution >= 0.6 is 0 Å². The smallest absolute Gasteiger partial charge is 0.219 e. The molecule has 3 nitrogen and oxygen atoms in total. The standard InChI is InChI=1S/C13H17NO2/c1-10(16)14-7-12(9-15)13(8-14)11-5-3-2-4-6-11/h2-6,12-13,15H,7-9H2,1H3/t12-,13-/m0/s1. The Hall–Kier alpha value is -1.35. The van der Waals surface area contributed by atoms with Crippen molar-refractivity contribution >= 4 is 5.91 Å². The Morgan fingerprint density at radius 2 is 2.06 bits per heavy atom. The van der Waals surface area contributed by atoms with Gasteiger partial charge in [-0.2, -0.15) is 0 Å². The first-order chi connectivity index (χ1) is 7.72. The van der Waals surface area contributed by atoms with E-state index in [4.69, 9.17) is 0 Å². The summed E-state index contributed by atoms with van der Waals surface area (Å²) in [4.78, 5) is 13.1. The highest BCUT2D eigenvalue weighted by atomic mass is 16.3. The molecule has 0 spiro atoms. The van der Waals surface area contributed by atoms with Crippen molar-refractivity contribution in [3.63, 3.8) is 0 Å². The molecule has 1 aromatic rings. The van der Waals surface area contributed by atoms with E-state index in [1.54, 1.807) is 6.92 Å². The first kappa shape index (κ1) is 11.1. The van der Waals surface area contributed by atoms with E-state index in [1.165, 1.54) is 5.56 Å². The fourth-order valence-corrected chi connectivity index (χ4v) is 2.39. The van der Waals surface area contributed by atoms with Crippen LogP contribution in [0.2, 0.25) is 0 Å². The van der Waals surface area contributed by atoms with Gasteiger partial charge in [0.25, 0.3) is 0 Å². The van der Waals surface area contributed by atoms with E-state index in [0.717, 1.165) is 6.54 Å². The van der Waals surface area contributed by atoms with Crippen LogP contribution in [0.1, 0.15) is 18.4 Å². The number of rotatable bonds is 2. The Balaban J connectivity index is 2.18. The van der Waals surface area contributed by atoms with Crippen LogP contribution in [0.5, 0.6) is 0 Å². The van der Waals surface area contributed by atoms with E-state index in [1.807, 2.05) is 23.1 Å². The zero-order chi connectivity index (χ0) is 11.5. The number of aliphatic hydroxyl groups is 1. The molecule has 1 heterocycles. The molecule has 1 N–H and O–H groups in total. The summed E-state index contributed by atoms with van der Waals surface area (Å²) in [6.07, 6.45) is 0. The van der Waals surface area contributed by atoms with Crippen LogP contribution in [-0.2, 0) is 4.79 Å². The number of likely N-dealkylation sites (tertiary alicyclic amines) is 1. The highest BCUT2D eigenvalue weighted by molar-refractivity contribution is 5.73. The summed E-state index contributed by atoms with van der Waals surface area (Å²) in [5.74, 6) is 0.540. The molecule has 86 valence electrons. The van der Waals surface area contributed by atoms with Crippen LogP contribution in [0.15, 0.2) is 30.3 Å². The number of hydrogen-bond acceptors (Lipinski definition) is 2. The van der Waals surface area contributed by atoms with Gasteiger partial charge in [0.1, 0.15) is 0 Å². The van der Waals surface area contributed by atoms with Gasteiger partial charge in [-0.3, -0.25) is 4.79 Å². The molecule has 2 rings (SSSR count). The van der Waals surface area contributed by atoms with Gasteiger partial charge < -0.3 is 10.0 Å². The third-order valence-corrected chi connectivity index (χ3v) is 3.35. The van der Waals surface area contributed by atoms with Crippen molar-refractivity contribution in [2.45, 2.75) is 12.8 Å². The Morgan fingerprint density at radius 3 is 2.62 bits per heavy atom. The molecule has 16 heavy (non-hydrogen) atoms. The summed E-state index contributed by atoms with van der Waals surface area (Å²) in [6, 6.07) is 10.1. The lowest BCUT2D eigenvalue weighted by Crippen LogP contribution is -2.26. The van der Waals surface area contributed by atoms with Gasteiger partial charge in [0.15, 0.2) is 0 Å². The van der Waals surface area contributed by atoms with E-state index in [9.17, 15) is 9.90 Å². The maximum atomic E-state index is 11.3. The van der Waals surface area contributed by atoms with Gasteiger partial charge in [-0.15, -0.1) is 0 Å². The Morgan fingerprint density at radius 1 is 1.38 bits per heavy atom. The molecule has 0 bridgehead atoms. The SMILES string of the molecule is CC(=O)N1C[C@@H](CO)[C@H](c2ccccc2)C1. The van der Waals surface area contributed by atoms with Gasteiger partial charge in [-0.25, -0.2) is 0 Å². The van der Waals surface area contributed by atoms with Gasteiger partial charge in [-0.05, 0) is 5.56 Å². The largest absolute Gasteiger partial charge is 0.396 e. The van der Waals surface area contributed by atoms with E-state index >= 15 is 0 Å². The lowest BCUT2D eigenvalue weighted by molar-refractivity contribution is -0.127. The Bertz CT molecular complexity index is 363. The second-order valence-electron chi connectivity index (χ2n) is 4.38. The molecule has 0 aromatic heterocycles. The first-order valence-corrected chi connectivity index (χ1v) is 5.63. The van der Waals surface area contributed by atoms with Crippen molar-refractivity contribution in [1.82, 2.24) is 4.90 Å². The molecule has 1 aliphatic rings. The van der Waals surface area contributed by atoms with Crippen LogP contribution in [0.4, 0.5) is 0 Å². The highest BCUT2D eigenvalue weighted by Crippen LogP contribution is 2.32. The molecule has 1 saturated heterocycles. The molecule has 1 fully saturated rings. The summed E-state index contributed by atoms with van der Waals surface area (Å²) in [6.45, 7) is 3.13. The Labute approximate surface area is 95.7 Å². The zero-order valence-corrected chi connectivity index (χ0v) is 9.47. The van der Waals surface area contributed by atoms with Crippen LogP contribution < -0.4 is 0 Å². The fraction of sp³-hybridized carbons (Fsp3) is 0.462. The number of nitrogens with zero attached hydrogens (tertiary/aromatic N) is 1. The number of amides is 1. The number of hydrogen-bond donors (Lipinski definition) is 1. The van der Waals surface area contributed by atoms with Gasteiger partial charge in [0.2, 0.25) is 5.91 Å². The number of carbonyl (C=O) groups excluding carboxylic acids is 1. The van der Waals surface area contributed by atoms with E-state index in [0.29, 0.717) is 6.54 Å². The van der Waals surface area contributed by atoms with Gasteiger partial charge in [0, 0.05) is 38.5 Å². The quantitative estimate of drug-likeness (QED) is 0.813.